The van der Waals surface area contributed by atoms with E-state index >= 15 is 0 Å². The van der Waals surface area contributed by atoms with E-state index in [-0.39, 0.29) is 0 Å². The van der Waals surface area contributed by atoms with Crippen LogP contribution >= 0.6 is 8.38 Å². The van der Waals surface area contributed by atoms with E-state index in [9.17, 15) is 9.79 Å². The zero-order chi connectivity index (χ0) is 17.8. The largest absolute Gasteiger partial charge is 0.493 e. The molecule has 1 fully saturated rings. The lowest BCUT2D eigenvalue weighted by Gasteiger charge is -2.23. The fourth-order valence-corrected chi connectivity index (χ4v) is 4.24. The molecule has 0 aliphatic carbocycles. The summed E-state index contributed by atoms with van der Waals surface area (Å²) in [4.78, 5) is 29.7. The summed E-state index contributed by atoms with van der Waals surface area (Å²) in [6, 6.07) is 3.79. The van der Waals surface area contributed by atoms with Crippen LogP contribution in [-0.4, -0.2) is 53.2 Å². The monoisotopic (exact) mass is 365 g/mol. The van der Waals surface area contributed by atoms with Crippen LogP contribution in [0.2, 0.25) is 0 Å². The lowest BCUT2D eigenvalue weighted by atomic mass is 10.0. The molecule has 2 aromatic rings. The fraction of sp³-hybridized carbons (Fsp3) is 0.529. The van der Waals surface area contributed by atoms with Gasteiger partial charge in [-0.3, -0.25) is 0 Å². The molecule has 1 atom stereocenters. The highest BCUT2D eigenvalue weighted by atomic mass is 31.2. The molecule has 2 heterocycles. The molecule has 3 rings (SSSR count). The number of ether oxygens (including phenoxy) is 2. The molecular formula is C17H24N3O4P. The Bertz CT molecular complexity index is 728. The number of fused-ring (bicyclic) bond motifs is 1. The Balaban J connectivity index is 1.90. The van der Waals surface area contributed by atoms with Gasteiger partial charge in [0.2, 0.25) is 0 Å². The number of nitrogens with zero attached hydrogens (tertiary/aromatic N) is 3. The third kappa shape index (κ3) is 4.11. The predicted molar refractivity (Wildman–Crippen MR) is 98.4 cm³/mol. The Labute approximate surface area is 148 Å². The van der Waals surface area contributed by atoms with Gasteiger partial charge in [-0.2, -0.15) is 0 Å². The van der Waals surface area contributed by atoms with Crippen molar-refractivity contribution in [3.63, 3.8) is 0 Å². The Kier molecular flexibility index (Phi) is 5.89. The summed E-state index contributed by atoms with van der Waals surface area (Å²) < 4.78 is 10.8. The van der Waals surface area contributed by atoms with Crippen molar-refractivity contribution < 1.29 is 19.3 Å². The van der Waals surface area contributed by atoms with E-state index in [2.05, 4.69) is 14.9 Å². The van der Waals surface area contributed by atoms with Crippen molar-refractivity contribution in [3.8, 4) is 11.5 Å². The maximum atomic E-state index is 9.29. The highest BCUT2D eigenvalue weighted by Crippen LogP contribution is 2.36. The van der Waals surface area contributed by atoms with E-state index in [4.69, 9.17) is 9.47 Å². The first kappa shape index (κ1) is 18.1. The normalized spacial score (nSPS) is 18.4. The highest BCUT2D eigenvalue weighted by molar-refractivity contribution is 7.45. The summed E-state index contributed by atoms with van der Waals surface area (Å²) in [6.45, 7) is 1.74. The molecule has 2 N–H and O–H groups in total. The van der Waals surface area contributed by atoms with Crippen molar-refractivity contribution in [1.82, 2.24) is 9.97 Å². The third-order valence-electron chi connectivity index (χ3n) is 4.69. The minimum Gasteiger partial charge on any atom is -0.493 e. The molecule has 1 aromatic heterocycles. The maximum Gasteiger partial charge on any atom is 0.165 e. The Morgan fingerprint density at radius 3 is 2.60 bits per heavy atom. The van der Waals surface area contributed by atoms with Gasteiger partial charge in [0.05, 0.1) is 19.7 Å². The van der Waals surface area contributed by atoms with Gasteiger partial charge < -0.3 is 24.2 Å². The predicted octanol–water partition coefficient (Wildman–Crippen LogP) is 2.55. The Morgan fingerprint density at radius 1 is 1.12 bits per heavy atom. The fourth-order valence-electron chi connectivity index (χ4n) is 3.41. The standard InChI is InChI=1S/C17H24N3O4P/c1-23-15-8-13-14(9-16(15)24-2)18-11-19-17(13)20-6-3-4-12(5-7-20)10-25(21)22/h8-9,11-12,21-22H,3-7,10H2,1-2H3. The van der Waals surface area contributed by atoms with Gasteiger partial charge in [0.1, 0.15) is 12.1 Å². The molecule has 0 saturated carbocycles. The number of hydrogen-bond acceptors (Lipinski definition) is 7. The molecule has 1 aromatic carbocycles. The summed E-state index contributed by atoms with van der Waals surface area (Å²) in [6.07, 6.45) is 5.02. The van der Waals surface area contributed by atoms with Crippen LogP contribution < -0.4 is 14.4 Å². The van der Waals surface area contributed by atoms with Crippen molar-refractivity contribution in [2.45, 2.75) is 19.3 Å². The van der Waals surface area contributed by atoms with E-state index in [1.54, 1.807) is 20.5 Å². The van der Waals surface area contributed by atoms with Crippen molar-refractivity contribution in [1.29, 1.82) is 0 Å². The zero-order valence-corrected chi connectivity index (χ0v) is 15.4. The summed E-state index contributed by atoms with van der Waals surface area (Å²) >= 11 is 0. The molecule has 0 bridgehead atoms. The number of aromatic nitrogens is 2. The van der Waals surface area contributed by atoms with Crippen molar-refractivity contribution in [2.75, 3.05) is 38.4 Å². The molecule has 1 aliphatic rings. The first-order chi connectivity index (χ1) is 12.1. The molecule has 136 valence electrons. The lowest BCUT2D eigenvalue weighted by molar-refractivity contribution is 0.356. The van der Waals surface area contributed by atoms with Crippen LogP contribution in [-0.2, 0) is 0 Å². The van der Waals surface area contributed by atoms with Crippen LogP contribution in [0, 0.1) is 5.92 Å². The van der Waals surface area contributed by atoms with Gasteiger partial charge in [-0.25, -0.2) is 9.97 Å². The minimum absolute atomic E-state index is 0.355. The topological polar surface area (TPSA) is 87.9 Å². The zero-order valence-electron chi connectivity index (χ0n) is 14.6. The summed E-state index contributed by atoms with van der Waals surface area (Å²) in [7, 11) is 1.41. The van der Waals surface area contributed by atoms with E-state index in [0.29, 0.717) is 23.6 Å². The number of rotatable bonds is 5. The molecule has 7 nitrogen and oxygen atoms in total. The molecule has 0 amide bonds. The average Bonchev–Trinajstić information content (AvgIpc) is 2.84. The molecule has 1 unspecified atom stereocenters. The second kappa shape index (κ2) is 8.13. The molecule has 25 heavy (non-hydrogen) atoms. The molecule has 0 spiro atoms. The van der Waals surface area contributed by atoms with E-state index in [1.165, 1.54) is 0 Å². The first-order valence-corrected chi connectivity index (χ1v) is 9.82. The summed E-state index contributed by atoms with van der Waals surface area (Å²) in [5.41, 5.74) is 0.817. The van der Waals surface area contributed by atoms with Crippen molar-refractivity contribution >= 4 is 25.1 Å². The highest BCUT2D eigenvalue weighted by Gasteiger charge is 2.22. The number of benzene rings is 1. The SMILES string of the molecule is COc1cc2ncnc(N3CCCC(CP(O)O)CC3)c2cc1OC. The van der Waals surface area contributed by atoms with Gasteiger partial charge in [0.15, 0.2) is 19.9 Å². The average molecular weight is 365 g/mol. The van der Waals surface area contributed by atoms with Gasteiger partial charge in [0.25, 0.3) is 0 Å². The number of methoxy groups -OCH3 is 2. The Morgan fingerprint density at radius 2 is 1.88 bits per heavy atom. The quantitative estimate of drug-likeness (QED) is 0.787. The van der Waals surface area contributed by atoms with E-state index < -0.39 is 8.38 Å². The van der Waals surface area contributed by atoms with Crippen molar-refractivity contribution in [2.24, 2.45) is 5.92 Å². The number of hydrogen-bond donors (Lipinski definition) is 2. The second-order valence-corrected chi connectivity index (χ2v) is 7.37. The summed E-state index contributed by atoms with van der Waals surface area (Å²) in [5, 5.41) is 0.935. The van der Waals surface area contributed by atoms with Gasteiger partial charge in [0, 0.05) is 30.7 Å². The molecule has 1 saturated heterocycles. The first-order valence-electron chi connectivity index (χ1n) is 8.39. The third-order valence-corrected chi connectivity index (χ3v) is 5.53. The second-order valence-electron chi connectivity index (χ2n) is 6.26. The summed E-state index contributed by atoms with van der Waals surface area (Å²) in [5.74, 6) is 2.55. The van der Waals surface area contributed by atoms with Gasteiger partial charge in [-0.05, 0) is 31.2 Å². The molecule has 1 aliphatic heterocycles. The smallest absolute Gasteiger partial charge is 0.165 e. The van der Waals surface area contributed by atoms with Gasteiger partial charge in [-0.1, -0.05) is 0 Å². The van der Waals surface area contributed by atoms with Crippen molar-refractivity contribution in [3.05, 3.63) is 18.5 Å². The van der Waals surface area contributed by atoms with Crippen LogP contribution in [0.4, 0.5) is 5.82 Å². The lowest BCUT2D eigenvalue weighted by Crippen LogP contribution is -2.25. The van der Waals surface area contributed by atoms with Crippen LogP contribution in [0.1, 0.15) is 19.3 Å². The van der Waals surface area contributed by atoms with Gasteiger partial charge in [-0.15, -0.1) is 0 Å². The maximum absolute atomic E-state index is 9.29. The number of anilines is 1. The Hall–Kier alpha value is -1.69. The minimum atomic E-state index is -1.82. The van der Waals surface area contributed by atoms with Crippen LogP contribution in [0.15, 0.2) is 18.5 Å². The van der Waals surface area contributed by atoms with E-state index in [0.717, 1.165) is 49.1 Å². The molecule has 0 radical (unpaired) electrons. The molecule has 8 heteroatoms. The van der Waals surface area contributed by atoms with E-state index in [1.807, 2.05) is 12.1 Å². The van der Waals surface area contributed by atoms with Crippen LogP contribution in [0.5, 0.6) is 11.5 Å². The van der Waals surface area contributed by atoms with Crippen LogP contribution in [0.25, 0.3) is 10.9 Å². The molecular weight excluding hydrogens is 341 g/mol. The van der Waals surface area contributed by atoms with Gasteiger partial charge >= 0.3 is 0 Å². The van der Waals surface area contributed by atoms with Crippen LogP contribution in [0.3, 0.4) is 0 Å².